The Morgan fingerprint density at radius 2 is 1.47 bits per heavy atom. The van der Waals surface area contributed by atoms with Gasteiger partial charge in [-0.3, -0.25) is 0 Å². The van der Waals surface area contributed by atoms with Crippen LogP contribution in [0.2, 0.25) is 0 Å². The molecule has 0 aliphatic carbocycles. The maximum atomic E-state index is 8.24. The second kappa shape index (κ2) is 5.19. The van der Waals surface area contributed by atoms with Crippen LogP contribution in [0.4, 0.5) is 0 Å². The van der Waals surface area contributed by atoms with Crippen molar-refractivity contribution in [3.8, 4) is 11.1 Å². The summed E-state index contributed by atoms with van der Waals surface area (Å²) in [5.74, 6) is 0. The van der Waals surface area contributed by atoms with Gasteiger partial charge in [0, 0.05) is 4.91 Å². The number of hydrogen-bond donors (Lipinski definition) is 0. The molecule has 0 heterocycles. The average molecular weight is 223 g/mol. The molecule has 0 aliphatic heterocycles. The zero-order valence-electron chi connectivity index (χ0n) is 9.67. The molecule has 0 atom stereocenters. The first-order valence-electron chi connectivity index (χ1n) is 5.46. The summed E-state index contributed by atoms with van der Waals surface area (Å²) in [6.07, 6.45) is 0. The molecule has 0 radical (unpaired) electrons. The lowest BCUT2D eigenvalue weighted by Gasteiger charge is -2.03. The molecular weight excluding hydrogens is 210 g/mol. The summed E-state index contributed by atoms with van der Waals surface area (Å²) >= 11 is 0. The summed E-state index contributed by atoms with van der Waals surface area (Å²) < 4.78 is 0. The minimum absolute atomic E-state index is 0.407. The van der Waals surface area contributed by atoms with Crippen molar-refractivity contribution in [1.82, 2.24) is 0 Å². The van der Waals surface area contributed by atoms with Crippen LogP contribution in [0.15, 0.2) is 53.6 Å². The van der Waals surface area contributed by atoms with E-state index in [2.05, 4.69) is 41.2 Å². The van der Waals surface area contributed by atoms with E-state index in [1.807, 2.05) is 24.3 Å². The van der Waals surface area contributed by atoms with Crippen molar-refractivity contribution in [3.63, 3.8) is 0 Å². The van der Waals surface area contributed by atoms with Crippen molar-refractivity contribution in [2.45, 2.75) is 13.5 Å². The topological polar surface area (TPSA) is 48.8 Å². The predicted molar refractivity (Wildman–Crippen MR) is 69.5 cm³/mol. The Labute approximate surface area is 100 Å². The number of aryl methyl sites for hydroxylation is 1. The highest BCUT2D eigenvalue weighted by Gasteiger charge is 1.97. The average Bonchev–Trinajstić information content (AvgIpc) is 2.38. The predicted octanol–water partition coefficient (Wildman–Crippen LogP) is 4.47. The van der Waals surface area contributed by atoms with Gasteiger partial charge in [0.05, 0.1) is 6.54 Å². The van der Waals surface area contributed by atoms with E-state index < -0.39 is 0 Å². The Morgan fingerprint density at radius 1 is 0.941 bits per heavy atom. The molecule has 17 heavy (non-hydrogen) atoms. The molecule has 3 heteroatoms. The van der Waals surface area contributed by atoms with Crippen LogP contribution in [0, 0.1) is 6.92 Å². The molecule has 0 unspecified atom stereocenters. The third kappa shape index (κ3) is 2.86. The van der Waals surface area contributed by atoms with E-state index in [-0.39, 0.29) is 0 Å². The van der Waals surface area contributed by atoms with Crippen molar-refractivity contribution in [3.05, 3.63) is 70.1 Å². The van der Waals surface area contributed by atoms with Crippen LogP contribution in [0.1, 0.15) is 11.1 Å². The number of rotatable bonds is 3. The SMILES string of the molecule is Cc1ccc(-c2ccc(CN=[N+]=[N-])cc2)cc1. The van der Waals surface area contributed by atoms with E-state index in [0.717, 1.165) is 5.56 Å². The fraction of sp³-hybridized carbons (Fsp3) is 0.143. The van der Waals surface area contributed by atoms with Crippen molar-refractivity contribution < 1.29 is 0 Å². The van der Waals surface area contributed by atoms with Crippen molar-refractivity contribution in [1.29, 1.82) is 0 Å². The summed E-state index contributed by atoms with van der Waals surface area (Å²) in [4.78, 5) is 2.75. The largest absolute Gasteiger partial charge is 0.0893 e. The fourth-order valence-corrected chi connectivity index (χ4v) is 1.66. The first kappa shape index (κ1) is 11.2. The Bertz CT molecular complexity index is 535. The fourth-order valence-electron chi connectivity index (χ4n) is 1.66. The van der Waals surface area contributed by atoms with Gasteiger partial charge < -0.3 is 0 Å². The zero-order chi connectivity index (χ0) is 12.1. The maximum Gasteiger partial charge on any atom is 0.0510 e. The summed E-state index contributed by atoms with van der Waals surface area (Å²) in [5.41, 5.74) is 12.9. The van der Waals surface area contributed by atoms with Crippen LogP contribution in [0.5, 0.6) is 0 Å². The smallest absolute Gasteiger partial charge is 0.0510 e. The lowest BCUT2D eigenvalue weighted by Crippen LogP contribution is -1.82. The molecule has 0 saturated heterocycles. The molecule has 3 nitrogen and oxygen atoms in total. The lowest BCUT2D eigenvalue weighted by atomic mass is 10.0. The molecule has 84 valence electrons. The molecule has 2 rings (SSSR count). The summed E-state index contributed by atoms with van der Waals surface area (Å²) in [6.45, 7) is 2.48. The first-order valence-corrected chi connectivity index (χ1v) is 5.46. The van der Waals surface area contributed by atoms with Crippen LogP contribution >= 0.6 is 0 Å². The van der Waals surface area contributed by atoms with Gasteiger partial charge >= 0.3 is 0 Å². The second-order valence-electron chi connectivity index (χ2n) is 3.95. The van der Waals surface area contributed by atoms with Crippen LogP contribution in [-0.2, 0) is 6.54 Å². The molecule has 0 fully saturated rings. The quantitative estimate of drug-likeness (QED) is 0.418. The number of nitrogens with zero attached hydrogens (tertiary/aromatic N) is 3. The van der Waals surface area contributed by atoms with Gasteiger partial charge in [-0.2, -0.15) is 0 Å². The molecule has 0 bridgehead atoms. The van der Waals surface area contributed by atoms with Crippen LogP contribution in [-0.4, -0.2) is 0 Å². The number of benzene rings is 2. The van der Waals surface area contributed by atoms with Crippen molar-refractivity contribution in [2.75, 3.05) is 0 Å². The van der Waals surface area contributed by atoms with Crippen LogP contribution in [0.25, 0.3) is 21.6 Å². The maximum absolute atomic E-state index is 8.24. The summed E-state index contributed by atoms with van der Waals surface area (Å²) in [6, 6.07) is 16.5. The number of azide groups is 1. The van der Waals surface area contributed by atoms with Gasteiger partial charge in [-0.05, 0) is 29.1 Å². The summed E-state index contributed by atoms with van der Waals surface area (Å²) in [7, 11) is 0. The molecule has 2 aromatic carbocycles. The van der Waals surface area contributed by atoms with Crippen LogP contribution < -0.4 is 0 Å². The summed E-state index contributed by atoms with van der Waals surface area (Å²) in [5, 5.41) is 3.54. The Hall–Kier alpha value is -2.25. The Morgan fingerprint density at radius 3 is 2.00 bits per heavy atom. The first-order chi connectivity index (χ1) is 8.29. The Balaban J connectivity index is 2.22. The number of hydrogen-bond acceptors (Lipinski definition) is 1. The van der Waals surface area contributed by atoms with E-state index in [1.165, 1.54) is 16.7 Å². The second-order valence-corrected chi connectivity index (χ2v) is 3.95. The van der Waals surface area contributed by atoms with E-state index in [9.17, 15) is 0 Å². The Kier molecular flexibility index (Phi) is 3.43. The van der Waals surface area contributed by atoms with Crippen molar-refractivity contribution >= 4 is 0 Å². The minimum atomic E-state index is 0.407. The van der Waals surface area contributed by atoms with Gasteiger partial charge in [-0.1, -0.05) is 59.2 Å². The van der Waals surface area contributed by atoms with Crippen LogP contribution in [0.3, 0.4) is 0 Å². The lowest BCUT2D eigenvalue weighted by molar-refractivity contribution is 1.05. The molecule has 0 saturated carbocycles. The molecular formula is C14H13N3. The monoisotopic (exact) mass is 223 g/mol. The molecule has 0 aromatic heterocycles. The van der Waals surface area contributed by atoms with E-state index in [4.69, 9.17) is 5.53 Å². The normalized spacial score (nSPS) is 9.71. The molecule has 2 aromatic rings. The highest BCUT2D eigenvalue weighted by atomic mass is 15.1. The van der Waals surface area contributed by atoms with Gasteiger partial charge in [-0.15, -0.1) is 0 Å². The standard InChI is InChI=1S/C14H13N3/c1-11-2-6-13(7-3-11)14-8-4-12(5-9-14)10-16-17-15/h2-9H,10H2,1H3. The third-order valence-electron chi connectivity index (χ3n) is 2.66. The zero-order valence-corrected chi connectivity index (χ0v) is 9.67. The highest BCUT2D eigenvalue weighted by Crippen LogP contribution is 2.20. The van der Waals surface area contributed by atoms with E-state index in [1.54, 1.807) is 0 Å². The third-order valence-corrected chi connectivity index (χ3v) is 2.66. The van der Waals surface area contributed by atoms with Gasteiger partial charge in [0.25, 0.3) is 0 Å². The minimum Gasteiger partial charge on any atom is -0.0893 e. The molecule has 0 aliphatic rings. The molecule has 0 N–H and O–H groups in total. The van der Waals surface area contributed by atoms with E-state index in [0.29, 0.717) is 6.54 Å². The van der Waals surface area contributed by atoms with Gasteiger partial charge in [0.15, 0.2) is 0 Å². The van der Waals surface area contributed by atoms with Crippen molar-refractivity contribution in [2.24, 2.45) is 5.11 Å². The van der Waals surface area contributed by atoms with E-state index >= 15 is 0 Å². The van der Waals surface area contributed by atoms with Gasteiger partial charge in [0.1, 0.15) is 0 Å². The molecule has 0 spiro atoms. The van der Waals surface area contributed by atoms with Gasteiger partial charge in [-0.25, -0.2) is 0 Å². The highest BCUT2D eigenvalue weighted by molar-refractivity contribution is 5.63. The van der Waals surface area contributed by atoms with Gasteiger partial charge in [0.2, 0.25) is 0 Å². The molecule has 0 amide bonds.